The Morgan fingerprint density at radius 3 is 2.68 bits per heavy atom. The molecule has 12 heteroatoms. The second-order valence-corrected chi connectivity index (χ2v) is 10.8. The first kappa shape index (κ1) is 22.6. The molecule has 0 bridgehead atoms. The van der Waals surface area contributed by atoms with Gasteiger partial charge in [-0.05, 0) is 36.6 Å². The summed E-state index contributed by atoms with van der Waals surface area (Å²) in [6.07, 6.45) is 6.91. The van der Waals surface area contributed by atoms with E-state index in [1.807, 2.05) is 0 Å². The van der Waals surface area contributed by atoms with Crippen LogP contribution in [0, 0.1) is 11.7 Å². The Balaban J connectivity index is 1.65. The number of aryl methyl sites for hydroxylation is 1. The molecule has 2 heterocycles. The quantitative estimate of drug-likeness (QED) is 0.399. The molecule has 34 heavy (non-hydrogen) atoms. The number of hydrogen-bond donors (Lipinski definition) is 2. The molecule has 178 valence electrons. The van der Waals surface area contributed by atoms with Crippen LogP contribution in [0.5, 0.6) is 0 Å². The van der Waals surface area contributed by atoms with E-state index >= 15 is 0 Å². The SMILES string of the molecule is O=c1[nH]c2c(S(=O)(=O)c3cc(F)c4cnn(CCC5CCCC5)c4c3)ccc(Cl)c2c(=O)n1O. The lowest BCUT2D eigenvalue weighted by molar-refractivity contribution is 0.162. The van der Waals surface area contributed by atoms with Crippen molar-refractivity contribution in [3.8, 4) is 0 Å². The van der Waals surface area contributed by atoms with Gasteiger partial charge in [0.05, 0.1) is 42.8 Å². The van der Waals surface area contributed by atoms with E-state index in [-0.39, 0.29) is 30.9 Å². The lowest BCUT2D eigenvalue weighted by atomic mass is 10.0. The van der Waals surface area contributed by atoms with E-state index in [0.717, 1.165) is 37.5 Å². The van der Waals surface area contributed by atoms with Gasteiger partial charge in [-0.3, -0.25) is 9.48 Å². The predicted molar refractivity (Wildman–Crippen MR) is 123 cm³/mol. The monoisotopic (exact) mass is 506 g/mol. The fraction of sp³-hybridized carbons (Fsp3) is 0.318. The molecular formula is C22H20ClFN4O5S. The van der Waals surface area contributed by atoms with E-state index in [1.165, 1.54) is 25.1 Å². The molecule has 1 fully saturated rings. The Morgan fingerprint density at radius 1 is 1.21 bits per heavy atom. The molecule has 9 nitrogen and oxygen atoms in total. The van der Waals surface area contributed by atoms with Gasteiger partial charge in [-0.15, -0.1) is 0 Å². The summed E-state index contributed by atoms with van der Waals surface area (Å²) < 4.78 is 43.4. The van der Waals surface area contributed by atoms with Crippen LogP contribution in [-0.4, -0.2) is 33.1 Å². The van der Waals surface area contributed by atoms with Crippen LogP contribution in [0.2, 0.25) is 5.02 Å². The van der Waals surface area contributed by atoms with Crippen molar-refractivity contribution in [3.63, 3.8) is 0 Å². The van der Waals surface area contributed by atoms with E-state index in [0.29, 0.717) is 18.0 Å². The molecule has 0 radical (unpaired) electrons. The zero-order chi connectivity index (χ0) is 24.2. The number of halogens is 2. The highest BCUT2D eigenvalue weighted by atomic mass is 35.5. The van der Waals surface area contributed by atoms with Gasteiger partial charge in [0.2, 0.25) is 9.84 Å². The molecule has 1 saturated carbocycles. The molecule has 1 aliphatic carbocycles. The van der Waals surface area contributed by atoms with Crippen LogP contribution in [0.1, 0.15) is 32.1 Å². The van der Waals surface area contributed by atoms with Crippen molar-refractivity contribution < 1.29 is 18.0 Å². The number of fused-ring (bicyclic) bond motifs is 2. The molecule has 2 N–H and O–H groups in total. The summed E-state index contributed by atoms with van der Waals surface area (Å²) in [4.78, 5) is 25.7. The van der Waals surface area contributed by atoms with Crippen LogP contribution in [0.3, 0.4) is 0 Å². The second kappa shape index (κ2) is 8.24. The van der Waals surface area contributed by atoms with Crippen molar-refractivity contribution in [3.05, 3.63) is 62.1 Å². The number of benzene rings is 2. The summed E-state index contributed by atoms with van der Waals surface area (Å²) in [7, 11) is -4.41. The van der Waals surface area contributed by atoms with Crippen LogP contribution in [0.4, 0.5) is 4.39 Å². The highest BCUT2D eigenvalue weighted by Crippen LogP contribution is 2.32. The molecule has 5 rings (SSSR count). The highest BCUT2D eigenvalue weighted by Gasteiger charge is 2.26. The van der Waals surface area contributed by atoms with Crippen LogP contribution in [0.15, 0.2) is 49.8 Å². The van der Waals surface area contributed by atoms with Crippen LogP contribution >= 0.6 is 11.6 Å². The van der Waals surface area contributed by atoms with Gasteiger partial charge in [-0.25, -0.2) is 17.6 Å². The van der Waals surface area contributed by atoms with Crippen molar-refractivity contribution in [1.29, 1.82) is 0 Å². The number of hydrogen-bond acceptors (Lipinski definition) is 6. The Labute approximate surface area is 197 Å². The molecule has 4 aromatic rings. The zero-order valence-electron chi connectivity index (χ0n) is 17.8. The average Bonchev–Trinajstić information content (AvgIpc) is 3.46. The summed E-state index contributed by atoms with van der Waals surface area (Å²) in [6, 6.07) is 4.50. The lowest BCUT2D eigenvalue weighted by Crippen LogP contribution is -2.33. The fourth-order valence-corrected chi connectivity index (χ4v) is 6.33. The van der Waals surface area contributed by atoms with Gasteiger partial charge in [0.1, 0.15) is 5.82 Å². The number of nitrogens with zero attached hydrogens (tertiary/aromatic N) is 3. The third-order valence-electron chi connectivity index (χ3n) is 6.46. The van der Waals surface area contributed by atoms with Gasteiger partial charge < -0.3 is 10.2 Å². The van der Waals surface area contributed by atoms with E-state index in [9.17, 15) is 27.6 Å². The number of sulfone groups is 1. The minimum Gasteiger partial charge on any atom is -0.421 e. The zero-order valence-corrected chi connectivity index (χ0v) is 19.4. The summed E-state index contributed by atoms with van der Waals surface area (Å²) in [6.45, 7) is 0.532. The van der Waals surface area contributed by atoms with E-state index in [1.54, 1.807) is 4.68 Å². The second-order valence-electron chi connectivity index (χ2n) is 8.49. The van der Waals surface area contributed by atoms with Crippen molar-refractivity contribution in [2.45, 2.75) is 48.4 Å². The first-order valence-corrected chi connectivity index (χ1v) is 12.6. The van der Waals surface area contributed by atoms with E-state index in [2.05, 4.69) is 10.1 Å². The smallest absolute Gasteiger partial charge is 0.362 e. The first-order valence-electron chi connectivity index (χ1n) is 10.8. The standard InChI is InChI=1S/C22H20ClFN4O5S/c23-15-5-6-18(20-19(15)21(29)28(31)22(30)26-20)34(32,33)13-9-16(24)14-11-25-27(17(14)10-13)8-7-12-3-1-2-4-12/h5-6,9-12,31H,1-4,7-8H2,(H,26,30). The Kier molecular flexibility index (Phi) is 5.48. The van der Waals surface area contributed by atoms with Crippen molar-refractivity contribution >= 4 is 43.2 Å². The number of aromatic nitrogens is 4. The van der Waals surface area contributed by atoms with Gasteiger partial charge >= 0.3 is 5.69 Å². The number of nitrogens with one attached hydrogen (secondary N) is 1. The van der Waals surface area contributed by atoms with Crippen LogP contribution in [-0.2, 0) is 16.4 Å². The summed E-state index contributed by atoms with van der Waals surface area (Å²) >= 11 is 6.04. The van der Waals surface area contributed by atoms with Crippen LogP contribution in [0.25, 0.3) is 21.8 Å². The molecular weight excluding hydrogens is 487 g/mol. The third kappa shape index (κ3) is 3.59. The Morgan fingerprint density at radius 2 is 1.94 bits per heavy atom. The minimum absolute atomic E-state index is 0.162. The molecule has 1 aliphatic rings. The molecule has 0 saturated heterocycles. The summed E-state index contributed by atoms with van der Waals surface area (Å²) in [5.74, 6) is -0.184. The molecule has 0 atom stereocenters. The molecule has 2 aromatic carbocycles. The van der Waals surface area contributed by atoms with Crippen molar-refractivity contribution in [2.75, 3.05) is 0 Å². The van der Waals surface area contributed by atoms with Gasteiger partial charge in [0.25, 0.3) is 5.56 Å². The summed E-state index contributed by atoms with van der Waals surface area (Å²) in [5, 5.41) is 13.5. The van der Waals surface area contributed by atoms with Crippen molar-refractivity contribution in [1.82, 2.24) is 19.5 Å². The Hall–Kier alpha value is -3.18. The average molecular weight is 507 g/mol. The van der Waals surface area contributed by atoms with Gasteiger partial charge in [0, 0.05) is 6.54 Å². The topological polar surface area (TPSA) is 127 Å². The number of aromatic amines is 1. The van der Waals surface area contributed by atoms with Crippen LogP contribution < -0.4 is 11.2 Å². The normalized spacial score (nSPS) is 15.0. The van der Waals surface area contributed by atoms with E-state index in [4.69, 9.17) is 11.6 Å². The lowest BCUT2D eigenvalue weighted by Gasteiger charge is -2.12. The number of H-pyrrole nitrogens is 1. The maximum Gasteiger partial charge on any atom is 0.362 e. The summed E-state index contributed by atoms with van der Waals surface area (Å²) in [5.41, 5.74) is -2.45. The van der Waals surface area contributed by atoms with Gasteiger partial charge in [-0.1, -0.05) is 42.0 Å². The molecule has 0 unspecified atom stereocenters. The van der Waals surface area contributed by atoms with Gasteiger partial charge in [-0.2, -0.15) is 5.10 Å². The predicted octanol–water partition coefficient (Wildman–Crippen LogP) is 3.48. The molecule has 0 spiro atoms. The molecule has 0 aliphatic heterocycles. The molecule has 0 amide bonds. The van der Waals surface area contributed by atoms with Gasteiger partial charge in [0.15, 0.2) is 0 Å². The first-order chi connectivity index (χ1) is 16.2. The van der Waals surface area contributed by atoms with Crippen molar-refractivity contribution in [2.24, 2.45) is 5.92 Å². The molecule has 2 aromatic heterocycles. The minimum atomic E-state index is -4.41. The third-order valence-corrected chi connectivity index (χ3v) is 8.55. The number of rotatable bonds is 5. The maximum absolute atomic E-state index is 14.9. The largest absolute Gasteiger partial charge is 0.421 e. The fourth-order valence-electron chi connectivity index (χ4n) is 4.65. The Bertz CT molecular complexity index is 1670. The maximum atomic E-state index is 14.9. The highest BCUT2D eigenvalue weighted by molar-refractivity contribution is 7.91. The van der Waals surface area contributed by atoms with E-state index < -0.39 is 31.8 Å².